The van der Waals surface area contributed by atoms with Crippen molar-refractivity contribution in [3.05, 3.63) is 0 Å². The summed E-state index contributed by atoms with van der Waals surface area (Å²) in [4.78, 5) is 14.1. The Hall–Kier alpha value is -0.370. The molecular weight excluding hydrogens is 198 g/mol. The molecule has 0 bridgehead atoms. The van der Waals surface area contributed by atoms with Gasteiger partial charge in [-0.2, -0.15) is 0 Å². The third-order valence-corrected chi connectivity index (χ3v) is 4.84. The molecule has 2 fully saturated rings. The van der Waals surface area contributed by atoms with Crippen LogP contribution in [0.3, 0.4) is 0 Å². The highest BCUT2D eigenvalue weighted by atomic mass is 16.1. The number of hydrogen-bond acceptors (Lipinski definition) is 2. The van der Waals surface area contributed by atoms with Crippen LogP contribution in [0.2, 0.25) is 0 Å². The molecule has 1 saturated carbocycles. The lowest BCUT2D eigenvalue weighted by Crippen LogP contribution is -2.50. The summed E-state index contributed by atoms with van der Waals surface area (Å²) in [7, 11) is 0. The monoisotopic (exact) mass is 223 g/mol. The van der Waals surface area contributed by atoms with Gasteiger partial charge in [-0.3, -0.25) is 9.69 Å². The first-order chi connectivity index (χ1) is 7.59. The maximum absolute atomic E-state index is 11.5. The van der Waals surface area contributed by atoms with Gasteiger partial charge in [0.1, 0.15) is 5.78 Å². The van der Waals surface area contributed by atoms with E-state index in [1.165, 1.54) is 19.3 Å². The summed E-state index contributed by atoms with van der Waals surface area (Å²) in [6, 6.07) is 0.735. The Morgan fingerprint density at radius 3 is 2.62 bits per heavy atom. The number of piperidine rings is 1. The van der Waals surface area contributed by atoms with Gasteiger partial charge in [0.15, 0.2) is 0 Å². The highest BCUT2D eigenvalue weighted by Gasteiger charge is 2.34. The molecule has 0 spiro atoms. The van der Waals surface area contributed by atoms with Crippen LogP contribution in [-0.4, -0.2) is 29.8 Å². The van der Waals surface area contributed by atoms with E-state index in [1.807, 2.05) is 0 Å². The zero-order valence-electron chi connectivity index (χ0n) is 10.9. The molecule has 2 rings (SSSR count). The Bertz CT molecular complexity index is 263. The first-order valence-electron chi connectivity index (χ1n) is 6.86. The van der Waals surface area contributed by atoms with Gasteiger partial charge in [-0.15, -0.1) is 0 Å². The topological polar surface area (TPSA) is 20.3 Å². The first-order valence-corrected chi connectivity index (χ1v) is 6.86. The Morgan fingerprint density at radius 2 is 1.94 bits per heavy atom. The van der Waals surface area contributed by atoms with Gasteiger partial charge in [-0.25, -0.2) is 0 Å². The van der Waals surface area contributed by atoms with Crippen LogP contribution in [0.5, 0.6) is 0 Å². The van der Waals surface area contributed by atoms with Crippen molar-refractivity contribution in [3.8, 4) is 0 Å². The zero-order chi connectivity index (χ0) is 11.7. The minimum absolute atomic E-state index is 0.262. The van der Waals surface area contributed by atoms with Crippen molar-refractivity contribution in [1.82, 2.24) is 4.90 Å². The van der Waals surface area contributed by atoms with E-state index >= 15 is 0 Å². The molecule has 0 aromatic heterocycles. The third-order valence-electron chi connectivity index (χ3n) is 4.84. The van der Waals surface area contributed by atoms with Crippen molar-refractivity contribution < 1.29 is 4.79 Å². The van der Waals surface area contributed by atoms with Crippen molar-refractivity contribution in [1.29, 1.82) is 0 Å². The van der Waals surface area contributed by atoms with Crippen LogP contribution in [-0.2, 0) is 4.79 Å². The fourth-order valence-electron chi connectivity index (χ4n) is 3.42. The summed E-state index contributed by atoms with van der Waals surface area (Å²) >= 11 is 0. The summed E-state index contributed by atoms with van der Waals surface area (Å²) in [6.07, 6.45) is 4.88. The summed E-state index contributed by atoms with van der Waals surface area (Å²) in [5.74, 6) is 2.38. The normalized spacial score (nSPS) is 42.3. The van der Waals surface area contributed by atoms with Crippen LogP contribution in [0.15, 0.2) is 0 Å². The van der Waals surface area contributed by atoms with Gasteiger partial charge in [0.25, 0.3) is 0 Å². The van der Waals surface area contributed by atoms with E-state index in [-0.39, 0.29) is 5.92 Å². The summed E-state index contributed by atoms with van der Waals surface area (Å²) in [6.45, 7) is 8.88. The van der Waals surface area contributed by atoms with Gasteiger partial charge in [0.2, 0.25) is 0 Å². The lowest BCUT2D eigenvalue weighted by molar-refractivity contribution is -0.126. The Kier molecular flexibility index (Phi) is 3.68. The molecule has 1 saturated heterocycles. The number of likely N-dealkylation sites (tertiary alicyclic amines) is 1. The van der Waals surface area contributed by atoms with Crippen LogP contribution in [0, 0.1) is 17.8 Å². The average Bonchev–Trinajstić information content (AvgIpc) is 2.26. The van der Waals surface area contributed by atoms with Crippen molar-refractivity contribution in [2.45, 2.75) is 52.5 Å². The van der Waals surface area contributed by atoms with E-state index < -0.39 is 0 Å². The Morgan fingerprint density at radius 1 is 1.19 bits per heavy atom. The van der Waals surface area contributed by atoms with Crippen molar-refractivity contribution >= 4 is 5.78 Å². The Labute approximate surface area is 99.4 Å². The van der Waals surface area contributed by atoms with Gasteiger partial charge < -0.3 is 0 Å². The van der Waals surface area contributed by atoms with Crippen molar-refractivity contribution in [2.24, 2.45) is 17.8 Å². The molecule has 0 radical (unpaired) electrons. The summed E-state index contributed by atoms with van der Waals surface area (Å²) < 4.78 is 0. The number of carbonyl (C=O) groups is 1. The van der Waals surface area contributed by atoms with Crippen LogP contribution >= 0.6 is 0 Å². The lowest BCUT2D eigenvalue weighted by atomic mass is 9.76. The Balaban J connectivity index is 1.99. The quantitative estimate of drug-likeness (QED) is 0.681. The predicted octanol–water partition coefficient (Wildman–Crippen LogP) is 2.72. The average molecular weight is 223 g/mol. The second-order valence-corrected chi connectivity index (χ2v) is 5.95. The minimum atomic E-state index is 0.262. The van der Waals surface area contributed by atoms with Gasteiger partial charge in [0.05, 0.1) is 0 Å². The van der Waals surface area contributed by atoms with E-state index in [4.69, 9.17) is 0 Å². The summed E-state index contributed by atoms with van der Waals surface area (Å²) in [5, 5.41) is 0. The molecule has 1 aliphatic heterocycles. The van der Waals surface area contributed by atoms with Crippen LogP contribution in [0.1, 0.15) is 46.5 Å². The zero-order valence-corrected chi connectivity index (χ0v) is 10.9. The number of rotatable bonds is 1. The van der Waals surface area contributed by atoms with E-state index in [2.05, 4.69) is 25.7 Å². The second kappa shape index (κ2) is 4.87. The molecule has 2 heteroatoms. The molecule has 4 atom stereocenters. The van der Waals surface area contributed by atoms with Gasteiger partial charge in [-0.1, -0.05) is 33.6 Å². The number of nitrogens with zero attached hydrogens (tertiary/aromatic N) is 1. The van der Waals surface area contributed by atoms with Crippen molar-refractivity contribution in [3.63, 3.8) is 0 Å². The molecule has 0 aromatic rings. The molecule has 0 amide bonds. The highest BCUT2D eigenvalue weighted by Crippen LogP contribution is 2.34. The van der Waals surface area contributed by atoms with Crippen LogP contribution < -0.4 is 0 Å². The molecule has 2 aliphatic rings. The van der Waals surface area contributed by atoms with E-state index in [9.17, 15) is 4.79 Å². The molecule has 4 unspecified atom stereocenters. The third kappa shape index (κ3) is 2.32. The second-order valence-electron chi connectivity index (χ2n) is 5.95. The minimum Gasteiger partial charge on any atom is -0.299 e. The SMILES string of the molecule is CC1CN(C2CCCC(C)C2C)CCC1=O. The molecule has 1 aliphatic carbocycles. The predicted molar refractivity (Wildman–Crippen MR) is 66.3 cm³/mol. The molecule has 0 N–H and O–H groups in total. The molecule has 1 heterocycles. The molecular formula is C14H25NO. The fraction of sp³-hybridized carbons (Fsp3) is 0.929. The maximum Gasteiger partial charge on any atom is 0.138 e. The maximum atomic E-state index is 11.5. The van der Waals surface area contributed by atoms with Gasteiger partial charge >= 0.3 is 0 Å². The van der Waals surface area contributed by atoms with E-state index in [1.54, 1.807) is 0 Å². The molecule has 16 heavy (non-hydrogen) atoms. The fourth-order valence-corrected chi connectivity index (χ4v) is 3.42. The highest BCUT2D eigenvalue weighted by molar-refractivity contribution is 5.81. The number of ketones is 1. The van der Waals surface area contributed by atoms with Crippen LogP contribution in [0.25, 0.3) is 0 Å². The smallest absolute Gasteiger partial charge is 0.138 e. The van der Waals surface area contributed by atoms with E-state index in [0.29, 0.717) is 5.78 Å². The number of Topliss-reactive ketones (excluding diaryl/α,β-unsaturated/α-hetero) is 1. The summed E-state index contributed by atoms with van der Waals surface area (Å²) in [5.41, 5.74) is 0. The van der Waals surface area contributed by atoms with Gasteiger partial charge in [0, 0.05) is 31.5 Å². The molecule has 2 nitrogen and oxygen atoms in total. The van der Waals surface area contributed by atoms with Crippen LogP contribution in [0.4, 0.5) is 0 Å². The van der Waals surface area contributed by atoms with E-state index in [0.717, 1.165) is 37.4 Å². The first kappa shape index (κ1) is 12.1. The number of carbonyl (C=O) groups excluding carboxylic acids is 1. The largest absolute Gasteiger partial charge is 0.299 e. The van der Waals surface area contributed by atoms with Gasteiger partial charge in [-0.05, 0) is 18.3 Å². The van der Waals surface area contributed by atoms with Crippen molar-refractivity contribution in [2.75, 3.05) is 13.1 Å². The lowest BCUT2D eigenvalue weighted by Gasteiger charge is -2.44. The number of hydrogen-bond donors (Lipinski definition) is 0. The standard InChI is InChI=1S/C14H25NO/c1-10-5-4-6-13(12(10)3)15-8-7-14(16)11(2)9-15/h10-13H,4-9H2,1-3H3. The molecule has 92 valence electrons. The molecule has 0 aromatic carbocycles.